The van der Waals surface area contributed by atoms with Crippen LogP contribution in [0.5, 0.6) is 5.75 Å². The van der Waals surface area contributed by atoms with Gasteiger partial charge in [0.15, 0.2) is 0 Å². The third kappa shape index (κ3) is 3.79. The molecular weight excluding hydrogens is 260 g/mol. The third-order valence-electron chi connectivity index (χ3n) is 2.82. The summed E-state index contributed by atoms with van der Waals surface area (Å²) in [6.07, 6.45) is 1.75. The third-order valence-corrected chi connectivity index (χ3v) is 2.82. The molecule has 1 heterocycles. The Morgan fingerprint density at radius 1 is 1.35 bits per heavy atom. The Kier molecular flexibility index (Phi) is 4.67. The van der Waals surface area contributed by atoms with Crippen molar-refractivity contribution in [3.05, 3.63) is 52.3 Å². The van der Waals surface area contributed by atoms with Crippen LogP contribution in [0.1, 0.15) is 5.69 Å². The molecule has 0 saturated carbocycles. The molecular formula is C13H16N4O3. The van der Waals surface area contributed by atoms with Crippen LogP contribution in [0.4, 0.5) is 5.69 Å². The average Bonchev–Trinajstić information content (AvgIpc) is 2.84. The molecule has 0 aliphatic heterocycles. The summed E-state index contributed by atoms with van der Waals surface area (Å²) in [5.74, 6) is 0.623. The number of ether oxygens (including phenoxy) is 1. The molecule has 1 aromatic carbocycles. The Hall–Kier alpha value is -2.41. The lowest BCUT2D eigenvalue weighted by molar-refractivity contribution is -0.384. The van der Waals surface area contributed by atoms with Gasteiger partial charge in [0.1, 0.15) is 12.4 Å². The number of nitrogens with zero attached hydrogens (tertiary/aromatic N) is 3. The maximum absolute atomic E-state index is 10.5. The summed E-state index contributed by atoms with van der Waals surface area (Å²) in [5.41, 5.74) is 1.16. The molecule has 1 aromatic heterocycles. The topological polar surface area (TPSA) is 82.2 Å². The molecule has 1 N–H and O–H groups in total. The number of benzene rings is 1. The first-order valence-electron chi connectivity index (χ1n) is 6.21. The minimum absolute atomic E-state index is 0.0617. The van der Waals surface area contributed by atoms with Crippen LogP contribution in [0, 0.1) is 10.1 Å². The summed E-state index contributed by atoms with van der Waals surface area (Å²) in [6, 6.07) is 8.00. The van der Waals surface area contributed by atoms with Gasteiger partial charge in [0, 0.05) is 38.5 Å². The Bertz CT molecular complexity index is 565. The summed E-state index contributed by atoms with van der Waals surface area (Å²) in [4.78, 5) is 10.1. The summed E-state index contributed by atoms with van der Waals surface area (Å²) in [5, 5.41) is 17.8. The molecule has 0 radical (unpaired) electrons. The van der Waals surface area contributed by atoms with Gasteiger partial charge in [-0.3, -0.25) is 14.8 Å². The van der Waals surface area contributed by atoms with Crippen molar-refractivity contribution in [2.75, 3.05) is 13.2 Å². The van der Waals surface area contributed by atoms with Gasteiger partial charge in [-0.15, -0.1) is 0 Å². The van der Waals surface area contributed by atoms with Gasteiger partial charge in [-0.25, -0.2) is 0 Å². The summed E-state index contributed by atoms with van der Waals surface area (Å²) >= 11 is 0. The van der Waals surface area contributed by atoms with Gasteiger partial charge in [-0.2, -0.15) is 5.10 Å². The Balaban J connectivity index is 1.68. The molecule has 0 spiro atoms. The van der Waals surface area contributed by atoms with Crippen LogP contribution in [-0.4, -0.2) is 27.9 Å². The first-order chi connectivity index (χ1) is 9.66. The molecule has 0 atom stereocenters. The highest BCUT2D eigenvalue weighted by Gasteiger charge is 2.04. The first kappa shape index (κ1) is 14.0. The lowest BCUT2D eigenvalue weighted by Gasteiger charge is -2.07. The van der Waals surface area contributed by atoms with E-state index in [9.17, 15) is 10.1 Å². The zero-order valence-electron chi connectivity index (χ0n) is 11.2. The Labute approximate surface area is 116 Å². The van der Waals surface area contributed by atoms with Crippen LogP contribution in [-0.2, 0) is 13.6 Å². The number of non-ortho nitro benzene ring substituents is 1. The van der Waals surface area contributed by atoms with Gasteiger partial charge in [0.2, 0.25) is 0 Å². The van der Waals surface area contributed by atoms with E-state index in [-0.39, 0.29) is 5.69 Å². The number of hydrogen-bond acceptors (Lipinski definition) is 5. The number of hydrogen-bond donors (Lipinski definition) is 1. The fourth-order valence-electron chi connectivity index (χ4n) is 1.70. The minimum atomic E-state index is -0.431. The molecule has 0 saturated heterocycles. The second-order valence-electron chi connectivity index (χ2n) is 4.22. The molecule has 0 amide bonds. The highest BCUT2D eigenvalue weighted by molar-refractivity contribution is 5.35. The van der Waals surface area contributed by atoms with Crippen molar-refractivity contribution in [3.8, 4) is 5.75 Å². The number of aromatic nitrogens is 2. The van der Waals surface area contributed by atoms with Gasteiger partial charge < -0.3 is 10.1 Å². The smallest absolute Gasteiger partial charge is 0.269 e. The average molecular weight is 276 g/mol. The van der Waals surface area contributed by atoms with E-state index in [1.165, 1.54) is 12.1 Å². The predicted molar refractivity (Wildman–Crippen MR) is 73.5 cm³/mol. The fourth-order valence-corrected chi connectivity index (χ4v) is 1.70. The number of nitro benzene ring substituents is 1. The molecule has 0 unspecified atom stereocenters. The van der Waals surface area contributed by atoms with Crippen molar-refractivity contribution in [2.24, 2.45) is 7.05 Å². The molecule has 0 aliphatic carbocycles. The van der Waals surface area contributed by atoms with Gasteiger partial charge >= 0.3 is 0 Å². The van der Waals surface area contributed by atoms with Gasteiger partial charge in [-0.1, -0.05) is 0 Å². The largest absolute Gasteiger partial charge is 0.492 e. The van der Waals surface area contributed by atoms with Crippen LogP contribution in [0.15, 0.2) is 36.5 Å². The molecule has 7 nitrogen and oxygen atoms in total. The van der Waals surface area contributed by atoms with Crippen molar-refractivity contribution >= 4 is 5.69 Å². The van der Waals surface area contributed by atoms with E-state index in [4.69, 9.17) is 4.74 Å². The number of nitrogens with one attached hydrogen (secondary N) is 1. The maximum Gasteiger partial charge on any atom is 0.269 e. The zero-order valence-corrected chi connectivity index (χ0v) is 11.2. The van der Waals surface area contributed by atoms with E-state index >= 15 is 0 Å². The van der Waals surface area contributed by atoms with E-state index in [1.807, 2.05) is 17.8 Å². The SMILES string of the molecule is Cn1nccc1CNCCOc1ccc([N+](=O)[O-])cc1. The van der Waals surface area contributed by atoms with Crippen molar-refractivity contribution in [3.63, 3.8) is 0 Å². The van der Waals surface area contributed by atoms with E-state index in [1.54, 1.807) is 18.3 Å². The second-order valence-corrected chi connectivity index (χ2v) is 4.22. The highest BCUT2D eigenvalue weighted by Crippen LogP contribution is 2.16. The fraction of sp³-hybridized carbons (Fsp3) is 0.308. The summed E-state index contributed by atoms with van der Waals surface area (Å²) in [6.45, 7) is 1.90. The number of nitro groups is 1. The molecule has 20 heavy (non-hydrogen) atoms. The van der Waals surface area contributed by atoms with Gasteiger partial charge in [0.05, 0.1) is 10.6 Å². The molecule has 0 fully saturated rings. The molecule has 106 valence electrons. The van der Waals surface area contributed by atoms with E-state index in [0.717, 1.165) is 12.2 Å². The highest BCUT2D eigenvalue weighted by atomic mass is 16.6. The first-order valence-corrected chi connectivity index (χ1v) is 6.21. The molecule has 7 heteroatoms. The lowest BCUT2D eigenvalue weighted by atomic mass is 10.3. The normalized spacial score (nSPS) is 10.4. The summed E-state index contributed by atoms with van der Waals surface area (Å²) in [7, 11) is 1.89. The van der Waals surface area contributed by atoms with Gasteiger partial charge in [0.25, 0.3) is 5.69 Å². The van der Waals surface area contributed by atoms with Crippen molar-refractivity contribution in [1.82, 2.24) is 15.1 Å². The van der Waals surface area contributed by atoms with Crippen molar-refractivity contribution in [1.29, 1.82) is 0 Å². The molecule has 2 aromatic rings. The monoisotopic (exact) mass is 276 g/mol. The maximum atomic E-state index is 10.5. The van der Waals surface area contributed by atoms with Crippen molar-refractivity contribution in [2.45, 2.75) is 6.54 Å². The standard InChI is InChI=1S/C13H16N4O3/c1-16-12(6-7-15-16)10-14-8-9-20-13-4-2-11(3-5-13)17(18)19/h2-7,14H,8-10H2,1H3. The molecule has 0 bridgehead atoms. The van der Waals surface area contributed by atoms with Crippen LogP contribution < -0.4 is 10.1 Å². The van der Waals surface area contributed by atoms with Crippen LogP contribution >= 0.6 is 0 Å². The molecule has 2 rings (SSSR count). The van der Waals surface area contributed by atoms with E-state index < -0.39 is 4.92 Å². The van der Waals surface area contributed by atoms with Crippen LogP contribution in [0.25, 0.3) is 0 Å². The minimum Gasteiger partial charge on any atom is -0.492 e. The van der Waals surface area contributed by atoms with E-state index in [0.29, 0.717) is 18.9 Å². The Morgan fingerprint density at radius 3 is 2.70 bits per heavy atom. The van der Waals surface area contributed by atoms with Crippen molar-refractivity contribution < 1.29 is 9.66 Å². The quantitative estimate of drug-likeness (QED) is 0.471. The summed E-state index contributed by atoms with van der Waals surface area (Å²) < 4.78 is 7.29. The number of rotatable bonds is 7. The predicted octanol–water partition coefficient (Wildman–Crippen LogP) is 1.50. The van der Waals surface area contributed by atoms with Gasteiger partial charge in [-0.05, 0) is 18.2 Å². The Morgan fingerprint density at radius 2 is 2.10 bits per heavy atom. The van der Waals surface area contributed by atoms with Crippen LogP contribution in [0.3, 0.4) is 0 Å². The second kappa shape index (κ2) is 6.67. The lowest BCUT2D eigenvalue weighted by Crippen LogP contribution is -2.21. The van der Waals surface area contributed by atoms with E-state index in [2.05, 4.69) is 10.4 Å². The molecule has 0 aliphatic rings. The van der Waals surface area contributed by atoms with Crippen LogP contribution in [0.2, 0.25) is 0 Å². The number of aryl methyl sites for hydroxylation is 1. The zero-order chi connectivity index (χ0) is 14.4.